The second-order valence-electron chi connectivity index (χ2n) is 5.37. The van der Waals surface area contributed by atoms with E-state index in [-0.39, 0.29) is 6.04 Å². The zero-order chi connectivity index (χ0) is 12.7. The zero-order valence-corrected chi connectivity index (χ0v) is 11.8. The Hall–Kier alpha value is -1.12. The molecule has 0 fully saturated rings. The average Bonchev–Trinajstić information content (AvgIpc) is 2.91. The molecular weight excluding hydrogens is 238 g/mol. The molecule has 0 radical (unpaired) electrons. The molecular formula is C16H19NS. The van der Waals surface area contributed by atoms with Crippen molar-refractivity contribution < 1.29 is 0 Å². The number of benzene rings is 1. The molecule has 0 saturated heterocycles. The van der Waals surface area contributed by atoms with E-state index in [4.69, 9.17) is 5.73 Å². The zero-order valence-electron chi connectivity index (χ0n) is 10.9. The summed E-state index contributed by atoms with van der Waals surface area (Å²) in [5.41, 5.74) is 10.8. The maximum absolute atomic E-state index is 6.50. The molecule has 1 atom stereocenters. The summed E-state index contributed by atoms with van der Waals surface area (Å²) in [7, 11) is 0. The van der Waals surface area contributed by atoms with Gasteiger partial charge in [0.05, 0.1) is 0 Å². The van der Waals surface area contributed by atoms with Gasteiger partial charge in [-0.05, 0) is 55.4 Å². The van der Waals surface area contributed by atoms with Crippen LogP contribution in [-0.4, -0.2) is 0 Å². The molecule has 1 heterocycles. The van der Waals surface area contributed by atoms with E-state index in [2.05, 4.69) is 44.2 Å². The van der Waals surface area contributed by atoms with Crippen molar-refractivity contribution in [3.63, 3.8) is 0 Å². The summed E-state index contributed by atoms with van der Waals surface area (Å²) in [6.07, 6.45) is 2.27. The molecule has 0 amide bonds. The quantitative estimate of drug-likeness (QED) is 0.870. The van der Waals surface area contributed by atoms with Crippen LogP contribution in [0.5, 0.6) is 0 Å². The third-order valence-electron chi connectivity index (χ3n) is 3.97. The number of aryl methyl sites for hydroxylation is 2. The van der Waals surface area contributed by atoms with Crippen molar-refractivity contribution in [3.8, 4) is 0 Å². The van der Waals surface area contributed by atoms with E-state index >= 15 is 0 Å². The van der Waals surface area contributed by atoms with Crippen LogP contribution in [0.1, 0.15) is 32.5 Å². The number of nitrogens with two attached hydrogens (primary N) is 1. The van der Waals surface area contributed by atoms with Crippen molar-refractivity contribution >= 4 is 11.3 Å². The molecule has 1 nitrogen and oxygen atoms in total. The minimum absolute atomic E-state index is 0.191. The highest BCUT2D eigenvalue weighted by Gasteiger charge is 2.28. The van der Waals surface area contributed by atoms with Gasteiger partial charge in [-0.3, -0.25) is 0 Å². The van der Waals surface area contributed by atoms with Gasteiger partial charge in [0.2, 0.25) is 0 Å². The SMILES string of the molecule is Cc1cc(C)c(C(N)C2Cc3ccccc3C2)s1. The third kappa shape index (κ3) is 2.00. The maximum atomic E-state index is 6.50. The van der Waals surface area contributed by atoms with E-state index in [9.17, 15) is 0 Å². The van der Waals surface area contributed by atoms with Gasteiger partial charge in [0.15, 0.2) is 0 Å². The van der Waals surface area contributed by atoms with Crippen LogP contribution in [0.25, 0.3) is 0 Å². The molecule has 94 valence electrons. The summed E-state index contributed by atoms with van der Waals surface area (Å²) in [4.78, 5) is 2.75. The van der Waals surface area contributed by atoms with Crippen LogP contribution < -0.4 is 5.73 Å². The van der Waals surface area contributed by atoms with Crippen LogP contribution in [0.3, 0.4) is 0 Å². The Balaban J connectivity index is 1.84. The highest BCUT2D eigenvalue weighted by molar-refractivity contribution is 7.12. The van der Waals surface area contributed by atoms with Crippen molar-refractivity contribution in [3.05, 3.63) is 56.8 Å². The minimum Gasteiger partial charge on any atom is -0.323 e. The topological polar surface area (TPSA) is 26.0 Å². The first-order valence-electron chi connectivity index (χ1n) is 6.54. The van der Waals surface area contributed by atoms with Gasteiger partial charge in [-0.15, -0.1) is 11.3 Å². The van der Waals surface area contributed by atoms with Crippen molar-refractivity contribution in [2.75, 3.05) is 0 Å². The molecule has 18 heavy (non-hydrogen) atoms. The lowest BCUT2D eigenvalue weighted by Gasteiger charge is -2.18. The number of rotatable bonds is 2. The molecule has 2 heteroatoms. The summed E-state index contributed by atoms with van der Waals surface area (Å²) in [5.74, 6) is 0.569. The molecule has 2 N–H and O–H groups in total. The Morgan fingerprint density at radius 2 is 1.78 bits per heavy atom. The number of hydrogen-bond acceptors (Lipinski definition) is 2. The lowest BCUT2D eigenvalue weighted by Crippen LogP contribution is -2.21. The lowest BCUT2D eigenvalue weighted by atomic mass is 9.94. The molecule has 0 spiro atoms. The fourth-order valence-electron chi connectivity index (χ4n) is 3.05. The molecule has 1 aliphatic carbocycles. The second kappa shape index (κ2) is 4.52. The van der Waals surface area contributed by atoms with Gasteiger partial charge in [0.1, 0.15) is 0 Å². The summed E-state index contributed by atoms with van der Waals surface area (Å²) >= 11 is 1.86. The molecule has 3 rings (SSSR count). The predicted molar refractivity (Wildman–Crippen MR) is 78.1 cm³/mol. The summed E-state index contributed by atoms with van der Waals surface area (Å²) in [6, 6.07) is 11.2. The van der Waals surface area contributed by atoms with E-state index in [1.165, 1.54) is 26.4 Å². The van der Waals surface area contributed by atoms with Crippen molar-refractivity contribution in [1.29, 1.82) is 0 Å². The molecule has 1 aromatic carbocycles. The molecule has 0 aliphatic heterocycles. The first kappa shape index (κ1) is 11.9. The Morgan fingerprint density at radius 1 is 1.17 bits per heavy atom. The number of hydrogen-bond donors (Lipinski definition) is 1. The predicted octanol–water partition coefficient (Wildman–Crippen LogP) is 3.78. The minimum atomic E-state index is 0.191. The average molecular weight is 257 g/mol. The summed E-state index contributed by atoms with van der Waals surface area (Å²) in [6.45, 7) is 4.35. The fourth-order valence-corrected chi connectivity index (χ4v) is 4.18. The summed E-state index contributed by atoms with van der Waals surface area (Å²) < 4.78 is 0. The Bertz CT molecular complexity index is 545. The highest BCUT2D eigenvalue weighted by atomic mass is 32.1. The van der Waals surface area contributed by atoms with E-state index in [1.54, 1.807) is 0 Å². The standard InChI is InChI=1S/C16H19NS/c1-10-7-11(2)18-16(10)15(17)14-8-12-5-3-4-6-13(12)9-14/h3-7,14-15H,8-9,17H2,1-2H3. The van der Waals surface area contributed by atoms with E-state index in [0.717, 1.165) is 12.8 Å². The van der Waals surface area contributed by atoms with Crippen LogP contribution in [0.2, 0.25) is 0 Å². The molecule has 2 aromatic rings. The molecule has 1 aromatic heterocycles. The summed E-state index contributed by atoms with van der Waals surface area (Å²) in [5, 5.41) is 0. The molecule has 0 saturated carbocycles. The van der Waals surface area contributed by atoms with Crippen LogP contribution in [-0.2, 0) is 12.8 Å². The van der Waals surface area contributed by atoms with E-state index in [1.807, 2.05) is 11.3 Å². The molecule has 1 unspecified atom stereocenters. The first-order chi connectivity index (χ1) is 8.65. The second-order valence-corrected chi connectivity index (χ2v) is 6.66. The van der Waals surface area contributed by atoms with Gasteiger partial charge in [-0.25, -0.2) is 0 Å². The van der Waals surface area contributed by atoms with Crippen LogP contribution in [0, 0.1) is 19.8 Å². The lowest BCUT2D eigenvalue weighted by molar-refractivity contribution is 0.458. The number of fused-ring (bicyclic) bond motifs is 1. The van der Waals surface area contributed by atoms with Gasteiger partial charge < -0.3 is 5.73 Å². The fraction of sp³-hybridized carbons (Fsp3) is 0.375. The third-order valence-corrected chi connectivity index (χ3v) is 5.23. The van der Waals surface area contributed by atoms with Crippen LogP contribution in [0.4, 0.5) is 0 Å². The maximum Gasteiger partial charge on any atom is 0.0427 e. The van der Waals surface area contributed by atoms with Gasteiger partial charge in [0.25, 0.3) is 0 Å². The van der Waals surface area contributed by atoms with E-state index < -0.39 is 0 Å². The van der Waals surface area contributed by atoms with Crippen molar-refractivity contribution in [2.45, 2.75) is 32.7 Å². The smallest absolute Gasteiger partial charge is 0.0427 e. The molecule has 1 aliphatic rings. The monoisotopic (exact) mass is 257 g/mol. The normalized spacial score (nSPS) is 16.8. The van der Waals surface area contributed by atoms with Crippen molar-refractivity contribution in [1.82, 2.24) is 0 Å². The Morgan fingerprint density at radius 3 is 2.28 bits per heavy atom. The Kier molecular flexibility index (Phi) is 3.00. The van der Waals surface area contributed by atoms with Crippen LogP contribution in [0.15, 0.2) is 30.3 Å². The van der Waals surface area contributed by atoms with Gasteiger partial charge in [0, 0.05) is 15.8 Å². The van der Waals surface area contributed by atoms with Crippen LogP contribution >= 0.6 is 11.3 Å². The largest absolute Gasteiger partial charge is 0.323 e. The highest BCUT2D eigenvalue weighted by Crippen LogP contribution is 2.37. The van der Waals surface area contributed by atoms with Gasteiger partial charge in [-0.1, -0.05) is 24.3 Å². The van der Waals surface area contributed by atoms with Gasteiger partial charge in [-0.2, -0.15) is 0 Å². The van der Waals surface area contributed by atoms with Crippen molar-refractivity contribution in [2.24, 2.45) is 11.7 Å². The van der Waals surface area contributed by atoms with E-state index in [0.29, 0.717) is 5.92 Å². The number of thiophene rings is 1. The van der Waals surface area contributed by atoms with Gasteiger partial charge >= 0.3 is 0 Å². The molecule has 0 bridgehead atoms. The Labute approximate surface area is 113 Å². The first-order valence-corrected chi connectivity index (χ1v) is 7.36.